The third kappa shape index (κ3) is 26.4. The molecule has 11 fully saturated rings. The lowest BCUT2D eigenvalue weighted by Gasteiger charge is -2.52. The third-order valence-corrected chi connectivity index (χ3v) is 25.9. The van der Waals surface area contributed by atoms with Gasteiger partial charge in [0, 0.05) is 41.0 Å². The van der Waals surface area contributed by atoms with E-state index < -0.39 is 458 Å². The molecule has 11 rings (SSSR count). The van der Waals surface area contributed by atoms with Gasteiger partial charge in [0.25, 0.3) is 5.79 Å². The van der Waals surface area contributed by atoms with Crippen LogP contribution >= 0.6 is 0 Å². The summed E-state index contributed by atoms with van der Waals surface area (Å²) in [5.74, 6) is -10.1. The van der Waals surface area contributed by atoms with Gasteiger partial charge in [-0.15, -0.1) is 0 Å². The van der Waals surface area contributed by atoms with Crippen molar-refractivity contribution in [2.75, 3.05) is 72.7 Å². The molecule has 0 aliphatic carbocycles. The molecule has 0 bridgehead atoms. The van der Waals surface area contributed by atoms with Crippen molar-refractivity contribution < 1.29 is 292 Å². The van der Waals surface area contributed by atoms with Gasteiger partial charge in [0.2, 0.25) is 29.5 Å². The van der Waals surface area contributed by atoms with E-state index in [9.17, 15) is 192 Å². The molecule has 56 atom stereocenters. The first-order chi connectivity index (χ1) is 67.5. The number of carboxylic acid groups (broad SMARTS) is 1. The number of rotatable bonds is 39. The van der Waals surface area contributed by atoms with E-state index in [0.717, 1.165) is 34.6 Å². The van der Waals surface area contributed by atoms with Gasteiger partial charge in [-0.3, -0.25) is 24.0 Å². The monoisotopic (exact) mass is 2090 g/mol. The van der Waals surface area contributed by atoms with Crippen molar-refractivity contribution in [3.8, 4) is 0 Å². The lowest BCUT2D eigenvalue weighted by Crippen LogP contribution is -2.71. The van der Waals surface area contributed by atoms with E-state index in [1.54, 1.807) is 0 Å². The Hall–Kier alpha value is -5.26. The van der Waals surface area contributed by atoms with Gasteiger partial charge < -0.3 is 289 Å². The highest BCUT2D eigenvalue weighted by atomic mass is 16.8. The maximum absolute atomic E-state index is 13.6. The summed E-state index contributed by atoms with van der Waals surface area (Å²) in [5.41, 5.74) is 0. The molecule has 11 heterocycles. The number of nitrogens with one attached hydrogen (secondary N) is 5. The average Bonchev–Trinajstić information content (AvgIpc) is 0.761. The van der Waals surface area contributed by atoms with Crippen LogP contribution in [0.25, 0.3) is 0 Å². The minimum absolute atomic E-state index is 0.816. The molecule has 0 unspecified atom stereocenters. The Morgan fingerprint density at radius 2 is 0.573 bits per heavy atom. The molecule has 0 aromatic heterocycles. The smallest absolute Gasteiger partial charge is 0.364 e. The fraction of sp³-hybridized carbons (Fsp3) is 0.924. The second-order valence-corrected chi connectivity index (χ2v) is 36.0. The fourth-order valence-electron chi connectivity index (χ4n) is 18.3. The Balaban J connectivity index is 0.965. The summed E-state index contributed by atoms with van der Waals surface area (Å²) in [7, 11) is 0. The summed E-state index contributed by atoms with van der Waals surface area (Å²) < 4.78 is 125. The number of carboxylic acids is 1. The van der Waals surface area contributed by atoms with E-state index in [2.05, 4.69) is 26.6 Å². The zero-order valence-corrected chi connectivity index (χ0v) is 76.6. The predicted molar refractivity (Wildman–Crippen MR) is 438 cm³/mol. The van der Waals surface area contributed by atoms with Crippen LogP contribution in [0.2, 0.25) is 0 Å². The number of ether oxygens (including phenoxy) is 21. The van der Waals surface area contributed by atoms with Crippen LogP contribution in [0.15, 0.2) is 0 Å². The van der Waals surface area contributed by atoms with Crippen molar-refractivity contribution in [1.29, 1.82) is 0 Å². The minimum atomic E-state index is -3.16. The average molecular weight is 2090 g/mol. The van der Waals surface area contributed by atoms with Crippen LogP contribution < -0.4 is 26.6 Å². The Morgan fingerprint density at radius 1 is 0.287 bits per heavy atom. The van der Waals surface area contributed by atoms with Crippen LogP contribution in [0.1, 0.15) is 41.0 Å². The number of aliphatic hydroxyl groups excluding tert-OH is 31. The van der Waals surface area contributed by atoms with Gasteiger partial charge in [-0.1, -0.05) is 0 Å². The molecule has 826 valence electrons. The highest BCUT2D eigenvalue weighted by Gasteiger charge is 2.64. The SMILES string of the molecule is CC(=O)N[C@@H]1[C@@H](O)[C@H](O[C@@H]2O[C@H](CO)[C@@H](O[C@@H]3O[C@H](CO[C@H]4O[C@H](CO[C@H]5O[C@H](CO)[C@@H](O)[C@H](O)[C@@H]5O)[C@@H](O)[C@H](O[C@H]5O[C@H](CO)[C@@H](O)[C@H](O)[C@@H]5O)[C@@H]4O)[C@@H](O)[C@H](O[C@H]4O[C@H](CO)[C@@H](O[C@@H]5O[C@H](CO)[C@@H](O)[C@H](O)[C@H]5NC(C)=O)[C@H](O)[C@@H]4O[C@@H]4O[C@H](CO)[C@@H](O[C@@H]5O[C@H](CO[C@]6(C(=O)O)C[C@H](O)[C@@H](NC(C)=O)[C@H]([C@H](O)[C@H](O)CO)O6)[C@H](O)[C@H](O)[C@H]5O)[C@H](O)[C@H]4NC(C)=O)[C@@H]3O)[C@H](O)[C@H]2NC(C)=O)[C@@H](CO)O[C@H]1O. The second-order valence-electron chi connectivity index (χ2n) is 36.0. The van der Waals surface area contributed by atoms with Crippen molar-refractivity contribution in [3.63, 3.8) is 0 Å². The Morgan fingerprint density at radius 3 is 0.993 bits per heavy atom. The standard InChI is InChI=1S/C79H131N5O59/c1-18(93)80-35-23(98)6-79(78(121)122,143-64(35)40(100)24(99)7-85)125-17-34-44(104)53(113)56(116)75(135-34)138-61-29(12-90)131-71(39(50(61)110)84-22(5)97)142-67-57(117)63(137-69-37(82-20(3)95)47(107)41(101)25(8-86)127-69)31(14-92)132-77(67)141-66-46(106)33(134-76(59(66)119)139-62-30(13-91)130-70(38(49(62)109)83-21(4)96)136-60-28(11-89)126-68(120)36(48(60)108)81-19(2)94)16-124-73-58(118)65(140-74-55(115)52(112)43(103)27(10-88)129-74)45(105)32(133-73)15-123-72-54(114)51(111)42(102)26(9-87)128-72/h23-77,85-92,98-120H,6-17H2,1-5H3,(H,80,93)(H,81,94)(H,82,95)(H,83,96)(H,84,97)(H,121,122)/t23-,24+,25+,26+,27+,28+,29+,30+,31+,32+,33+,34+,35+,36+,37+,38+,39+,40+,41+,42+,43+,44-,45+,46+,47+,48+,49+,50+,51-,52-,53-,54-,55-,56+,57-,58-,59-,60+,61+,62+,63+,64+,65-,66-,67-,68+,69-,70-,71-,72-,73-,74+,75-,76-,77+,79+/m0/s1. The number of hydrogen-bond donors (Lipinski definition) is 37. The van der Waals surface area contributed by atoms with Crippen LogP contribution in [0.5, 0.6) is 0 Å². The number of aliphatic carboxylic acids is 1. The summed E-state index contributed by atoms with van der Waals surface area (Å²) in [6.45, 7) is -8.77. The molecule has 11 aliphatic rings. The van der Waals surface area contributed by atoms with E-state index in [-0.39, 0.29) is 0 Å². The van der Waals surface area contributed by atoms with Crippen molar-refractivity contribution in [2.24, 2.45) is 0 Å². The molecule has 0 radical (unpaired) electrons. The third-order valence-electron chi connectivity index (χ3n) is 25.9. The zero-order chi connectivity index (χ0) is 106. The molecule has 37 N–H and O–H groups in total. The molecule has 5 amide bonds. The molecule has 11 aliphatic heterocycles. The number of carbonyl (C=O) groups excluding carboxylic acids is 5. The molecular formula is C79H131N5O59. The van der Waals surface area contributed by atoms with E-state index >= 15 is 0 Å². The fourth-order valence-corrected chi connectivity index (χ4v) is 18.3. The summed E-state index contributed by atoms with van der Waals surface area (Å²) in [4.78, 5) is 77.3. The number of aliphatic hydroxyl groups is 31. The maximum atomic E-state index is 13.6. The largest absolute Gasteiger partial charge is 0.477 e. The molecule has 0 aromatic rings. The summed E-state index contributed by atoms with van der Waals surface area (Å²) in [6, 6.07) is -9.69. The molecular weight excluding hydrogens is 1960 g/mol. The van der Waals surface area contributed by atoms with Gasteiger partial charge in [0.1, 0.15) is 262 Å². The first-order valence-corrected chi connectivity index (χ1v) is 45.3. The van der Waals surface area contributed by atoms with E-state index in [0.29, 0.717) is 0 Å². The van der Waals surface area contributed by atoms with Crippen LogP contribution in [-0.2, 0) is 128 Å². The summed E-state index contributed by atoms with van der Waals surface area (Å²) in [6.07, 6.45) is -114. The van der Waals surface area contributed by atoms with Crippen molar-refractivity contribution in [2.45, 2.75) is 384 Å². The highest BCUT2D eigenvalue weighted by molar-refractivity contribution is 5.77. The first kappa shape index (κ1) is 118. The Bertz CT molecular complexity index is 4030. The Kier molecular flexibility index (Phi) is 42.3. The van der Waals surface area contributed by atoms with Gasteiger partial charge in [-0.25, -0.2) is 4.79 Å². The molecule has 143 heavy (non-hydrogen) atoms. The minimum Gasteiger partial charge on any atom is -0.477 e. The van der Waals surface area contributed by atoms with E-state index in [1.807, 2.05) is 0 Å². The van der Waals surface area contributed by atoms with E-state index in [4.69, 9.17) is 99.5 Å². The molecule has 0 saturated carbocycles. The zero-order valence-electron chi connectivity index (χ0n) is 76.6. The second kappa shape index (κ2) is 51.2. The van der Waals surface area contributed by atoms with Crippen LogP contribution in [0, 0.1) is 0 Å². The molecule has 0 aromatic carbocycles. The van der Waals surface area contributed by atoms with E-state index in [1.165, 1.54) is 0 Å². The normalized spacial score (nSPS) is 47.8. The van der Waals surface area contributed by atoms with Crippen LogP contribution in [0.3, 0.4) is 0 Å². The quantitative estimate of drug-likeness (QED) is 0.0272. The van der Waals surface area contributed by atoms with Crippen LogP contribution in [0.4, 0.5) is 0 Å². The number of hydrogen-bond acceptors (Lipinski definition) is 58. The number of carbonyl (C=O) groups is 6. The van der Waals surface area contributed by atoms with Crippen molar-refractivity contribution >= 4 is 35.5 Å². The lowest BCUT2D eigenvalue weighted by atomic mass is 9.88. The number of amides is 5. The van der Waals surface area contributed by atoms with Gasteiger partial charge in [-0.2, -0.15) is 0 Å². The highest BCUT2D eigenvalue weighted by Crippen LogP contribution is 2.43. The molecule has 64 nitrogen and oxygen atoms in total. The van der Waals surface area contributed by atoms with Gasteiger partial charge in [0.05, 0.1) is 84.8 Å². The van der Waals surface area contributed by atoms with Crippen LogP contribution in [-0.4, -0.2) is 615 Å². The van der Waals surface area contributed by atoms with Crippen molar-refractivity contribution in [3.05, 3.63) is 0 Å². The van der Waals surface area contributed by atoms with Crippen molar-refractivity contribution in [1.82, 2.24) is 26.6 Å². The van der Waals surface area contributed by atoms with Gasteiger partial charge >= 0.3 is 5.97 Å². The summed E-state index contributed by atoms with van der Waals surface area (Å²) >= 11 is 0. The summed E-state index contributed by atoms with van der Waals surface area (Å²) in [5, 5.41) is 372. The molecule has 11 saturated heterocycles. The topological polar surface area (TPSA) is 1000 Å². The molecule has 64 heteroatoms. The van der Waals surface area contributed by atoms with Gasteiger partial charge in [0.15, 0.2) is 62.9 Å². The Labute approximate surface area is 808 Å². The van der Waals surface area contributed by atoms with Gasteiger partial charge in [-0.05, 0) is 0 Å². The predicted octanol–water partition coefficient (Wildman–Crippen LogP) is -25.1. The first-order valence-electron chi connectivity index (χ1n) is 45.3. The molecule has 0 spiro atoms. The maximum Gasteiger partial charge on any atom is 0.364 e. The lowest BCUT2D eigenvalue weighted by molar-refractivity contribution is -0.405.